The summed E-state index contributed by atoms with van der Waals surface area (Å²) in [4.78, 5) is 2.86. The minimum atomic E-state index is 0.793. The number of likely N-dealkylation sites (tertiary alicyclic amines) is 1. The van der Waals surface area contributed by atoms with E-state index in [-0.39, 0.29) is 0 Å². The Morgan fingerprint density at radius 3 is 2.56 bits per heavy atom. The van der Waals surface area contributed by atoms with Gasteiger partial charge in [0.2, 0.25) is 0 Å². The predicted molar refractivity (Wildman–Crippen MR) is 67.3 cm³/mol. The summed E-state index contributed by atoms with van der Waals surface area (Å²) in [5.74, 6) is 1.83. The molecule has 0 spiro atoms. The fourth-order valence-electron chi connectivity index (χ4n) is 4.45. The summed E-state index contributed by atoms with van der Waals surface area (Å²) < 4.78 is 0. The topological polar surface area (TPSA) is 29.3 Å². The quantitative estimate of drug-likeness (QED) is 0.727. The monoisotopic (exact) mass is 222 g/mol. The smallest absolute Gasteiger partial charge is 0.0139 e. The molecule has 2 aliphatic carbocycles. The van der Waals surface area contributed by atoms with Gasteiger partial charge in [0.05, 0.1) is 0 Å². The van der Waals surface area contributed by atoms with Crippen LogP contribution in [0.5, 0.6) is 0 Å². The predicted octanol–water partition coefficient (Wildman–Crippen LogP) is 2.38. The Bertz CT molecular complexity index is 241. The summed E-state index contributed by atoms with van der Waals surface area (Å²) in [6.45, 7) is 2.31. The van der Waals surface area contributed by atoms with E-state index in [0.29, 0.717) is 0 Å². The van der Waals surface area contributed by atoms with Gasteiger partial charge in [0.1, 0.15) is 0 Å². The van der Waals surface area contributed by atoms with Crippen molar-refractivity contribution in [2.45, 2.75) is 63.5 Å². The second-order valence-electron chi connectivity index (χ2n) is 6.23. The van der Waals surface area contributed by atoms with E-state index in [2.05, 4.69) is 4.90 Å². The van der Waals surface area contributed by atoms with Crippen LogP contribution in [0.25, 0.3) is 0 Å². The minimum Gasteiger partial charge on any atom is -0.330 e. The third-order valence-electron chi connectivity index (χ3n) is 5.30. The maximum atomic E-state index is 6.00. The van der Waals surface area contributed by atoms with Crippen LogP contribution < -0.4 is 5.73 Å². The molecule has 92 valence electrons. The van der Waals surface area contributed by atoms with Crippen LogP contribution in [0.15, 0.2) is 0 Å². The molecule has 4 unspecified atom stereocenters. The van der Waals surface area contributed by atoms with Crippen molar-refractivity contribution in [3.05, 3.63) is 0 Å². The van der Waals surface area contributed by atoms with Gasteiger partial charge in [-0.3, -0.25) is 4.90 Å². The Kier molecular flexibility index (Phi) is 3.21. The Labute approximate surface area is 99.6 Å². The maximum Gasteiger partial charge on any atom is 0.0139 e. The van der Waals surface area contributed by atoms with Crippen molar-refractivity contribution >= 4 is 0 Å². The first-order valence-corrected chi connectivity index (χ1v) is 7.34. The Morgan fingerprint density at radius 1 is 1.00 bits per heavy atom. The molecular formula is C14H26N2. The van der Waals surface area contributed by atoms with Gasteiger partial charge >= 0.3 is 0 Å². The lowest BCUT2D eigenvalue weighted by Gasteiger charge is -2.38. The molecule has 1 heterocycles. The third-order valence-corrected chi connectivity index (χ3v) is 5.30. The normalized spacial score (nSPS) is 44.8. The number of nitrogens with zero attached hydrogens (tertiary/aromatic N) is 1. The van der Waals surface area contributed by atoms with E-state index in [1.165, 1.54) is 57.9 Å². The molecule has 0 amide bonds. The molecule has 3 fully saturated rings. The van der Waals surface area contributed by atoms with Gasteiger partial charge < -0.3 is 5.73 Å². The fraction of sp³-hybridized carbons (Fsp3) is 1.00. The first kappa shape index (κ1) is 11.0. The first-order chi connectivity index (χ1) is 7.88. The number of piperidine rings is 1. The van der Waals surface area contributed by atoms with Gasteiger partial charge in [-0.1, -0.05) is 19.3 Å². The lowest BCUT2D eigenvalue weighted by molar-refractivity contribution is 0.100. The SMILES string of the molecule is NCC1CCCCCC1N1CC2CCC1C2. The zero-order valence-electron chi connectivity index (χ0n) is 10.4. The second-order valence-corrected chi connectivity index (χ2v) is 6.23. The van der Waals surface area contributed by atoms with E-state index in [0.717, 1.165) is 30.5 Å². The van der Waals surface area contributed by atoms with Gasteiger partial charge in [0.25, 0.3) is 0 Å². The number of nitrogens with two attached hydrogens (primary N) is 1. The van der Waals surface area contributed by atoms with Gasteiger partial charge in [-0.15, -0.1) is 0 Å². The summed E-state index contributed by atoms with van der Waals surface area (Å²) in [7, 11) is 0. The Morgan fingerprint density at radius 2 is 1.88 bits per heavy atom. The molecule has 0 aromatic carbocycles. The molecule has 1 saturated heterocycles. The molecule has 1 aliphatic heterocycles. The molecule has 0 radical (unpaired) electrons. The standard InChI is InChI=1S/C14H26N2/c15-9-12-4-2-1-3-5-14(12)16-10-11-6-7-13(16)8-11/h11-14H,1-10,15H2. The van der Waals surface area contributed by atoms with Crippen molar-refractivity contribution in [1.82, 2.24) is 4.90 Å². The lowest BCUT2D eigenvalue weighted by atomic mass is 9.92. The Hall–Kier alpha value is -0.0800. The van der Waals surface area contributed by atoms with Crippen molar-refractivity contribution < 1.29 is 0 Å². The van der Waals surface area contributed by atoms with Crippen LogP contribution in [0.1, 0.15) is 51.4 Å². The Balaban J connectivity index is 1.70. The first-order valence-electron chi connectivity index (χ1n) is 7.34. The summed E-state index contributed by atoms with van der Waals surface area (Å²) >= 11 is 0. The van der Waals surface area contributed by atoms with Gasteiger partial charge in [0.15, 0.2) is 0 Å². The maximum absolute atomic E-state index is 6.00. The van der Waals surface area contributed by atoms with Crippen LogP contribution in [0, 0.1) is 11.8 Å². The zero-order chi connectivity index (χ0) is 11.0. The number of fused-ring (bicyclic) bond motifs is 2. The van der Waals surface area contributed by atoms with Crippen molar-refractivity contribution in [3.63, 3.8) is 0 Å². The van der Waals surface area contributed by atoms with Crippen LogP contribution >= 0.6 is 0 Å². The molecular weight excluding hydrogens is 196 g/mol. The van der Waals surface area contributed by atoms with E-state index in [1.54, 1.807) is 0 Å². The second kappa shape index (κ2) is 4.66. The largest absolute Gasteiger partial charge is 0.330 e. The highest BCUT2D eigenvalue weighted by Crippen LogP contribution is 2.41. The third kappa shape index (κ3) is 1.91. The van der Waals surface area contributed by atoms with E-state index in [4.69, 9.17) is 5.73 Å². The highest BCUT2D eigenvalue weighted by atomic mass is 15.2. The molecule has 0 aromatic rings. The summed E-state index contributed by atoms with van der Waals surface area (Å²) in [5, 5.41) is 0. The highest BCUT2D eigenvalue weighted by Gasteiger charge is 2.42. The highest BCUT2D eigenvalue weighted by molar-refractivity contribution is 4.97. The summed E-state index contributed by atoms with van der Waals surface area (Å²) in [6.07, 6.45) is 11.6. The summed E-state index contributed by atoms with van der Waals surface area (Å²) in [5.41, 5.74) is 6.00. The molecule has 4 atom stereocenters. The van der Waals surface area contributed by atoms with Crippen molar-refractivity contribution in [2.75, 3.05) is 13.1 Å². The lowest BCUT2D eigenvalue weighted by Crippen LogP contribution is -2.46. The van der Waals surface area contributed by atoms with Crippen LogP contribution in [-0.4, -0.2) is 30.1 Å². The van der Waals surface area contributed by atoms with E-state index >= 15 is 0 Å². The molecule has 2 heteroatoms. The molecule has 2 N–H and O–H groups in total. The zero-order valence-corrected chi connectivity index (χ0v) is 10.4. The average Bonchev–Trinajstić information content (AvgIpc) is 2.84. The average molecular weight is 222 g/mol. The molecule has 2 bridgehead atoms. The molecule has 3 aliphatic rings. The van der Waals surface area contributed by atoms with E-state index in [9.17, 15) is 0 Å². The van der Waals surface area contributed by atoms with Gasteiger partial charge in [-0.25, -0.2) is 0 Å². The van der Waals surface area contributed by atoms with Crippen molar-refractivity contribution in [2.24, 2.45) is 17.6 Å². The molecule has 16 heavy (non-hydrogen) atoms. The summed E-state index contributed by atoms with van der Waals surface area (Å²) in [6, 6.07) is 1.77. The number of hydrogen-bond donors (Lipinski definition) is 1. The minimum absolute atomic E-state index is 0.793. The molecule has 0 aromatic heterocycles. The van der Waals surface area contributed by atoms with Gasteiger partial charge in [-0.05, 0) is 50.5 Å². The van der Waals surface area contributed by atoms with Crippen molar-refractivity contribution in [1.29, 1.82) is 0 Å². The fourth-order valence-corrected chi connectivity index (χ4v) is 4.45. The van der Waals surface area contributed by atoms with Gasteiger partial charge in [0, 0.05) is 18.6 Å². The van der Waals surface area contributed by atoms with E-state index in [1.807, 2.05) is 0 Å². The van der Waals surface area contributed by atoms with E-state index < -0.39 is 0 Å². The van der Waals surface area contributed by atoms with Crippen LogP contribution in [0.2, 0.25) is 0 Å². The van der Waals surface area contributed by atoms with Crippen LogP contribution in [0.4, 0.5) is 0 Å². The molecule has 2 nitrogen and oxygen atoms in total. The number of rotatable bonds is 2. The van der Waals surface area contributed by atoms with Gasteiger partial charge in [-0.2, -0.15) is 0 Å². The van der Waals surface area contributed by atoms with Crippen LogP contribution in [-0.2, 0) is 0 Å². The van der Waals surface area contributed by atoms with Crippen molar-refractivity contribution in [3.8, 4) is 0 Å². The molecule has 3 rings (SSSR count). The molecule has 2 saturated carbocycles. The number of hydrogen-bond acceptors (Lipinski definition) is 2. The van der Waals surface area contributed by atoms with Crippen LogP contribution in [0.3, 0.4) is 0 Å².